The third kappa shape index (κ3) is 2.07. The van der Waals surface area contributed by atoms with Gasteiger partial charge in [-0.1, -0.05) is 13.0 Å². The summed E-state index contributed by atoms with van der Waals surface area (Å²) in [6, 6.07) is 4.18. The number of aromatic nitrogens is 1. The number of nitrogens with zero attached hydrogens (tertiary/aromatic N) is 1. The average Bonchev–Trinajstić information content (AvgIpc) is 2.85. The fraction of sp³-hybridized carbons (Fsp3) is 0.545. The molecule has 1 atom stereocenters. The highest BCUT2D eigenvalue weighted by Gasteiger charge is 2.38. The van der Waals surface area contributed by atoms with Crippen LogP contribution < -0.4 is 5.73 Å². The molecule has 2 heteroatoms. The average molecular weight is 176 g/mol. The molecule has 0 aromatic carbocycles. The van der Waals surface area contributed by atoms with Crippen LogP contribution in [-0.4, -0.2) is 4.98 Å². The van der Waals surface area contributed by atoms with Crippen LogP contribution in [0.5, 0.6) is 0 Å². The van der Waals surface area contributed by atoms with Gasteiger partial charge in [-0.3, -0.25) is 4.98 Å². The zero-order chi connectivity index (χ0) is 9.31. The van der Waals surface area contributed by atoms with Gasteiger partial charge in [0.25, 0.3) is 0 Å². The van der Waals surface area contributed by atoms with Crippen molar-refractivity contribution in [1.29, 1.82) is 0 Å². The lowest BCUT2D eigenvalue weighted by molar-refractivity contribution is 0.456. The summed E-state index contributed by atoms with van der Waals surface area (Å²) < 4.78 is 0. The lowest BCUT2D eigenvalue weighted by Crippen LogP contribution is -2.14. The topological polar surface area (TPSA) is 38.9 Å². The van der Waals surface area contributed by atoms with E-state index in [1.165, 1.54) is 12.8 Å². The van der Waals surface area contributed by atoms with Crippen molar-refractivity contribution >= 4 is 0 Å². The number of nitrogens with two attached hydrogens (primary N) is 1. The molecule has 1 aliphatic carbocycles. The molecule has 0 radical (unpaired) electrons. The number of pyridine rings is 1. The van der Waals surface area contributed by atoms with E-state index in [1.54, 1.807) is 6.20 Å². The minimum Gasteiger partial charge on any atom is -0.324 e. The number of hydrogen-bond donors (Lipinski definition) is 1. The molecule has 1 fully saturated rings. The van der Waals surface area contributed by atoms with E-state index in [0.717, 1.165) is 12.0 Å². The van der Waals surface area contributed by atoms with E-state index < -0.39 is 0 Å². The molecule has 1 aliphatic rings. The lowest BCUT2D eigenvalue weighted by Gasteiger charge is -2.15. The van der Waals surface area contributed by atoms with Crippen molar-refractivity contribution in [1.82, 2.24) is 4.98 Å². The highest BCUT2D eigenvalue weighted by atomic mass is 14.7. The van der Waals surface area contributed by atoms with Crippen LogP contribution in [0.4, 0.5) is 0 Å². The van der Waals surface area contributed by atoms with E-state index >= 15 is 0 Å². The van der Waals surface area contributed by atoms with Gasteiger partial charge in [0.05, 0.1) is 0 Å². The maximum absolute atomic E-state index is 6.08. The third-order valence-corrected chi connectivity index (χ3v) is 2.93. The molecule has 1 unspecified atom stereocenters. The van der Waals surface area contributed by atoms with E-state index in [-0.39, 0.29) is 6.04 Å². The van der Waals surface area contributed by atoms with Crippen molar-refractivity contribution in [2.75, 3.05) is 0 Å². The van der Waals surface area contributed by atoms with Gasteiger partial charge in [-0.25, -0.2) is 0 Å². The molecular weight excluding hydrogens is 160 g/mol. The monoisotopic (exact) mass is 176 g/mol. The van der Waals surface area contributed by atoms with Gasteiger partial charge in [0.15, 0.2) is 0 Å². The molecule has 0 saturated heterocycles. The molecule has 2 nitrogen and oxygen atoms in total. The fourth-order valence-corrected chi connectivity index (χ4v) is 1.66. The smallest absolute Gasteiger partial charge is 0.0315 e. The zero-order valence-corrected chi connectivity index (χ0v) is 8.03. The van der Waals surface area contributed by atoms with E-state index in [1.807, 2.05) is 12.3 Å². The minimum atomic E-state index is 0.168. The molecule has 0 bridgehead atoms. The van der Waals surface area contributed by atoms with Gasteiger partial charge in [-0.15, -0.1) is 0 Å². The first-order valence-corrected chi connectivity index (χ1v) is 4.85. The third-order valence-electron chi connectivity index (χ3n) is 2.93. The zero-order valence-electron chi connectivity index (χ0n) is 8.03. The van der Waals surface area contributed by atoms with Gasteiger partial charge in [0.1, 0.15) is 0 Å². The van der Waals surface area contributed by atoms with Gasteiger partial charge in [0, 0.05) is 18.4 Å². The Morgan fingerprint density at radius 3 is 2.92 bits per heavy atom. The normalized spacial score (nSPS) is 21.1. The molecule has 13 heavy (non-hydrogen) atoms. The predicted octanol–water partition coefficient (Wildman–Crippen LogP) is 2.27. The minimum absolute atomic E-state index is 0.168. The summed E-state index contributed by atoms with van der Waals surface area (Å²) in [7, 11) is 0. The molecule has 2 N–H and O–H groups in total. The first-order valence-electron chi connectivity index (χ1n) is 4.85. The van der Waals surface area contributed by atoms with Gasteiger partial charge < -0.3 is 5.73 Å². The molecule has 0 aliphatic heterocycles. The van der Waals surface area contributed by atoms with Crippen LogP contribution in [0.15, 0.2) is 24.5 Å². The summed E-state index contributed by atoms with van der Waals surface area (Å²) in [5, 5.41) is 0. The van der Waals surface area contributed by atoms with Crippen LogP contribution in [0.25, 0.3) is 0 Å². The summed E-state index contributed by atoms with van der Waals surface area (Å²) in [6.07, 6.45) is 7.42. The Kier molecular flexibility index (Phi) is 2.08. The van der Waals surface area contributed by atoms with Crippen LogP contribution in [-0.2, 0) is 0 Å². The van der Waals surface area contributed by atoms with E-state index in [2.05, 4.69) is 18.0 Å². The summed E-state index contributed by atoms with van der Waals surface area (Å²) >= 11 is 0. The molecule has 2 rings (SSSR count). The second-order valence-electron chi connectivity index (χ2n) is 4.41. The highest BCUT2D eigenvalue weighted by Crippen LogP contribution is 2.50. The Morgan fingerprint density at radius 1 is 1.62 bits per heavy atom. The van der Waals surface area contributed by atoms with Crippen molar-refractivity contribution in [3.05, 3.63) is 30.1 Å². The Labute approximate surface area is 79.2 Å². The first kappa shape index (κ1) is 8.70. The van der Waals surface area contributed by atoms with Gasteiger partial charge >= 0.3 is 0 Å². The van der Waals surface area contributed by atoms with E-state index in [0.29, 0.717) is 5.41 Å². The summed E-state index contributed by atoms with van der Waals surface area (Å²) in [6.45, 7) is 2.31. The maximum Gasteiger partial charge on any atom is 0.0315 e. The Hall–Kier alpha value is -0.890. The second-order valence-corrected chi connectivity index (χ2v) is 4.41. The first-order chi connectivity index (χ1) is 6.20. The predicted molar refractivity (Wildman–Crippen MR) is 53.1 cm³/mol. The molecule has 0 spiro atoms. The second kappa shape index (κ2) is 3.11. The Bertz CT molecular complexity index is 277. The van der Waals surface area contributed by atoms with Crippen LogP contribution in [0.1, 0.15) is 37.8 Å². The number of rotatable bonds is 3. The lowest BCUT2D eigenvalue weighted by atomic mass is 9.95. The number of hydrogen-bond acceptors (Lipinski definition) is 2. The Morgan fingerprint density at radius 2 is 2.38 bits per heavy atom. The van der Waals surface area contributed by atoms with Crippen molar-refractivity contribution in [3.8, 4) is 0 Å². The summed E-state index contributed by atoms with van der Waals surface area (Å²) in [5.74, 6) is 0. The molecular formula is C11H16N2. The quantitative estimate of drug-likeness (QED) is 0.767. The fourth-order valence-electron chi connectivity index (χ4n) is 1.66. The largest absolute Gasteiger partial charge is 0.324 e. The van der Waals surface area contributed by atoms with E-state index in [9.17, 15) is 0 Å². The van der Waals surface area contributed by atoms with Crippen molar-refractivity contribution < 1.29 is 0 Å². The van der Waals surface area contributed by atoms with Crippen LogP contribution >= 0.6 is 0 Å². The standard InChI is InChI=1S/C11H16N2/c1-11(4-5-11)7-10(12)9-3-2-6-13-8-9/h2-3,6,8,10H,4-5,7,12H2,1H3. The maximum atomic E-state index is 6.08. The molecule has 1 saturated carbocycles. The van der Waals surface area contributed by atoms with Crippen LogP contribution in [0.3, 0.4) is 0 Å². The van der Waals surface area contributed by atoms with E-state index in [4.69, 9.17) is 5.73 Å². The molecule has 1 aromatic heterocycles. The molecule has 0 amide bonds. The van der Waals surface area contributed by atoms with Crippen molar-refractivity contribution in [2.24, 2.45) is 11.1 Å². The highest BCUT2D eigenvalue weighted by molar-refractivity contribution is 5.14. The van der Waals surface area contributed by atoms with Crippen LogP contribution in [0.2, 0.25) is 0 Å². The SMILES string of the molecule is CC1(CC(N)c2cccnc2)CC1. The van der Waals surface area contributed by atoms with Crippen molar-refractivity contribution in [3.63, 3.8) is 0 Å². The van der Waals surface area contributed by atoms with Gasteiger partial charge in [0.2, 0.25) is 0 Å². The van der Waals surface area contributed by atoms with Gasteiger partial charge in [-0.05, 0) is 36.3 Å². The van der Waals surface area contributed by atoms with Crippen LogP contribution in [0, 0.1) is 5.41 Å². The molecule has 1 aromatic rings. The molecule has 70 valence electrons. The van der Waals surface area contributed by atoms with Crippen molar-refractivity contribution in [2.45, 2.75) is 32.2 Å². The summed E-state index contributed by atoms with van der Waals surface area (Å²) in [5.41, 5.74) is 7.77. The Balaban J connectivity index is 2.01. The molecule has 1 heterocycles. The summed E-state index contributed by atoms with van der Waals surface area (Å²) in [4.78, 5) is 4.08. The van der Waals surface area contributed by atoms with Gasteiger partial charge in [-0.2, -0.15) is 0 Å².